The maximum Gasteiger partial charge on any atom is 0.255 e. The van der Waals surface area contributed by atoms with Crippen LogP contribution in [0.25, 0.3) is 0 Å². The largest absolute Gasteiger partial charge is 0.346 e. The van der Waals surface area contributed by atoms with Crippen LogP contribution < -0.4 is 5.56 Å². The minimum Gasteiger partial charge on any atom is -0.346 e. The van der Waals surface area contributed by atoms with Gasteiger partial charge >= 0.3 is 0 Å². The summed E-state index contributed by atoms with van der Waals surface area (Å²) in [5.74, 6) is 0.307. The molecule has 0 atom stereocenters. The van der Waals surface area contributed by atoms with E-state index >= 15 is 0 Å². The third-order valence-corrected chi connectivity index (χ3v) is 6.15. The zero-order chi connectivity index (χ0) is 19.4. The Morgan fingerprint density at radius 2 is 1.85 bits per heavy atom. The van der Waals surface area contributed by atoms with Crippen LogP contribution in [-0.4, -0.2) is 42.4 Å². The molecule has 1 aromatic carbocycles. The summed E-state index contributed by atoms with van der Waals surface area (Å²) < 4.78 is 37.9. The van der Waals surface area contributed by atoms with E-state index in [1.54, 1.807) is 30.3 Å². The van der Waals surface area contributed by atoms with Crippen molar-refractivity contribution in [1.82, 2.24) is 14.3 Å². The third-order valence-electron chi connectivity index (χ3n) is 4.29. The molecule has 0 amide bonds. The van der Waals surface area contributed by atoms with E-state index in [1.807, 2.05) is 13.8 Å². The molecule has 0 unspecified atom stereocenters. The van der Waals surface area contributed by atoms with Gasteiger partial charge < -0.3 is 14.5 Å². The number of rotatable bonds is 7. The Labute approximate surface area is 158 Å². The first-order valence-electron chi connectivity index (χ1n) is 8.87. The number of hydrogen-bond acceptors (Lipinski definition) is 6. The van der Waals surface area contributed by atoms with Gasteiger partial charge in [0, 0.05) is 32.7 Å². The molecule has 9 heteroatoms. The van der Waals surface area contributed by atoms with Crippen LogP contribution in [0.5, 0.6) is 0 Å². The molecule has 1 aromatic heterocycles. The Hall–Kier alpha value is -2.07. The van der Waals surface area contributed by atoms with Crippen molar-refractivity contribution in [3.05, 3.63) is 57.8 Å². The van der Waals surface area contributed by atoms with Crippen molar-refractivity contribution in [2.75, 3.05) is 19.8 Å². The number of aromatic amines is 1. The fourth-order valence-electron chi connectivity index (χ4n) is 2.99. The second-order valence-corrected chi connectivity index (χ2v) is 7.96. The van der Waals surface area contributed by atoms with Crippen LogP contribution in [0.3, 0.4) is 0 Å². The van der Waals surface area contributed by atoms with Gasteiger partial charge in [-0.25, -0.2) is 13.4 Å². The van der Waals surface area contributed by atoms with E-state index in [4.69, 9.17) is 9.47 Å². The summed E-state index contributed by atoms with van der Waals surface area (Å²) in [6.45, 7) is 4.73. The summed E-state index contributed by atoms with van der Waals surface area (Å²) in [6.07, 6.45) is -0.396. The van der Waals surface area contributed by atoms with Crippen molar-refractivity contribution < 1.29 is 17.9 Å². The summed E-state index contributed by atoms with van der Waals surface area (Å²) in [7, 11) is -3.66. The maximum atomic E-state index is 12.8. The molecule has 2 heterocycles. The topological polar surface area (TPSA) is 102 Å². The van der Waals surface area contributed by atoms with Crippen LogP contribution in [0, 0.1) is 0 Å². The van der Waals surface area contributed by atoms with Crippen molar-refractivity contribution in [3.63, 3.8) is 0 Å². The molecule has 8 nitrogen and oxygen atoms in total. The fraction of sp³-hybridized carbons (Fsp3) is 0.444. The predicted molar refractivity (Wildman–Crippen MR) is 98.6 cm³/mol. The molecule has 0 bridgehead atoms. The maximum absolute atomic E-state index is 12.8. The quantitative estimate of drug-likeness (QED) is 0.717. The van der Waals surface area contributed by atoms with E-state index < -0.39 is 16.3 Å². The van der Waals surface area contributed by atoms with Gasteiger partial charge in [0.15, 0.2) is 5.82 Å². The van der Waals surface area contributed by atoms with Crippen molar-refractivity contribution in [2.24, 2.45) is 0 Å². The highest BCUT2D eigenvalue weighted by molar-refractivity contribution is 7.89. The molecule has 3 rings (SSSR count). The molecule has 146 valence electrons. The number of H-pyrrole nitrogens is 1. The van der Waals surface area contributed by atoms with E-state index in [2.05, 4.69) is 9.97 Å². The molecule has 0 aliphatic carbocycles. The number of nitrogens with zero attached hydrogens (tertiary/aromatic N) is 2. The molecule has 0 spiro atoms. The van der Waals surface area contributed by atoms with Gasteiger partial charge in [-0.15, -0.1) is 0 Å². The first kappa shape index (κ1) is 19.7. The number of benzene rings is 1. The van der Waals surface area contributed by atoms with Crippen LogP contribution >= 0.6 is 0 Å². The second-order valence-electron chi connectivity index (χ2n) is 6.02. The monoisotopic (exact) mass is 393 g/mol. The highest BCUT2D eigenvalue weighted by atomic mass is 32.2. The van der Waals surface area contributed by atoms with Gasteiger partial charge in [-0.1, -0.05) is 18.2 Å². The number of fused-ring (bicyclic) bond motifs is 1. The molecule has 0 fully saturated rings. The zero-order valence-electron chi connectivity index (χ0n) is 15.3. The highest BCUT2D eigenvalue weighted by Crippen LogP contribution is 2.23. The van der Waals surface area contributed by atoms with Gasteiger partial charge in [-0.05, 0) is 26.0 Å². The lowest BCUT2D eigenvalue weighted by atomic mass is 10.1. The van der Waals surface area contributed by atoms with Crippen LogP contribution in [0.2, 0.25) is 0 Å². The van der Waals surface area contributed by atoms with E-state index in [9.17, 15) is 13.2 Å². The molecule has 1 aliphatic rings. The number of hydrogen-bond donors (Lipinski definition) is 1. The summed E-state index contributed by atoms with van der Waals surface area (Å²) in [5.41, 5.74) is 0.571. The van der Waals surface area contributed by atoms with E-state index in [1.165, 1.54) is 4.31 Å². The van der Waals surface area contributed by atoms with Gasteiger partial charge in [0.1, 0.15) is 0 Å². The fourth-order valence-corrected chi connectivity index (χ4v) is 4.42. The van der Waals surface area contributed by atoms with Crippen molar-refractivity contribution in [3.8, 4) is 0 Å². The lowest BCUT2D eigenvalue weighted by molar-refractivity contribution is -0.145. The Morgan fingerprint density at radius 3 is 2.48 bits per heavy atom. The molecule has 0 radical (unpaired) electrons. The smallest absolute Gasteiger partial charge is 0.255 e. The Morgan fingerprint density at radius 1 is 1.19 bits per heavy atom. The van der Waals surface area contributed by atoms with Crippen LogP contribution in [0.4, 0.5) is 0 Å². The molecule has 1 aliphatic heterocycles. The van der Waals surface area contributed by atoms with Crippen molar-refractivity contribution >= 4 is 10.0 Å². The Kier molecular flexibility index (Phi) is 6.05. The summed E-state index contributed by atoms with van der Waals surface area (Å²) in [6, 6.07) is 8.20. The molecule has 0 saturated carbocycles. The lowest BCUT2D eigenvalue weighted by Gasteiger charge is -2.27. The zero-order valence-corrected chi connectivity index (χ0v) is 16.2. The lowest BCUT2D eigenvalue weighted by Crippen LogP contribution is -2.40. The first-order valence-corrected chi connectivity index (χ1v) is 10.3. The Balaban J connectivity index is 1.90. The normalized spacial score (nSPS) is 15.1. The number of nitrogens with one attached hydrogen (secondary N) is 1. The molecular formula is C18H23N3O5S. The van der Waals surface area contributed by atoms with Crippen molar-refractivity contribution in [1.29, 1.82) is 0 Å². The molecule has 0 saturated heterocycles. The van der Waals surface area contributed by atoms with Gasteiger partial charge in [-0.2, -0.15) is 4.31 Å². The standard InChI is InChI=1S/C18H23N3O5S/c1-3-25-18(26-4-2)16-19-15-10-11-21(12-14(15)17(22)20-16)27(23,24)13-8-6-5-7-9-13/h5-9,18H,3-4,10-12H2,1-2H3,(H,19,20,22). The molecule has 1 N–H and O–H groups in total. The third kappa shape index (κ3) is 4.11. The van der Waals surface area contributed by atoms with Gasteiger partial charge in [-0.3, -0.25) is 4.79 Å². The van der Waals surface area contributed by atoms with Gasteiger partial charge in [0.25, 0.3) is 5.56 Å². The SMILES string of the molecule is CCOC(OCC)c1nc2c(c(=O)[nH]1)CN(S(=O)(=O)c1ccccc1)CC2. The van der Waals surface area contributed by atoms with E-state index in [0.29, 0.717) is 36.7 Å². The molecule has 27 heavy (non-hydrogen) atoms. The average Bonchev–Trinajstić information content (AvgIpc) is 2.68. The van der Waals surface area contributed by atoms with Crippen molar-refractivity contribution in [2.45, 2.75) is 38.0 Å². The average molecular weight is 393 g/mol. The van der Waals surface area contributed by atoms with Gasteiger partial charge in [0.2, 0.25) is 16.3 Å². The number of sulfonamides is 1. The molecular weight excluding hydrogens is 370 g/mol. The Bertz CT molecular complexity index is 937. The van der Waals surface area contributed by atoms with E-state index in [-0.39, 0.29) is 23.5 Å². The van der Waals surface area contributed by atoms with Crippen LogP contribution in [-0.2, 0) is 32.5 Å². The van der Waals surface area contributed by atoms with Crippen LogP contribution in [0.15, 0.2) is 40.0 Å². The number of ether oxygens (including phenoxy) is 2. The highest BCUT2D eigenvalue weighted by Gasteiger charge is 2.31. The predicted octanol–water partition coefficient (Wildman–Crippen LogP) is 1.59. The second kappa shape index (κ2) is 8.30. The van der Waals surface area contributed by atoms with Crippen LogP contribution in [0.1, 0.15) is 37.2 Å². The molecule has 2 aromatic rings. The summed E-state index contributed by atoms with van der Waals surface area (Å²) in [4.78, 5) is 19.9. The van der Waals surface area contributed by atoms with E-state index in [0.717, 1.165) is 0 Å². The summed E-state index contributed by atoms with van der Waals surface area (Å²) >= 11 is 0. The minimum atomic E-state index is -3.66. The first-order chi connectivity index (χ1) is 13.0. The number of aromatic nitrogens is 2. The summed E-state index contributed by atoms with van der Waals surface area (Å²) in [5, 5.41) is 0. The minimum absolute atomic E-state index is 0.0108. The van der Waals surface area contributed by atoms with Gasteiger partial charge in [0.05, 0.1) is 16.2 Å².